The lowest BCUT2D eigenvalue weighted by Crippen LogP contribution is -2.26. The molecule has 1 rings (SSSR count). The summed E-state index contributed by atoms with van der Waals surface area (Å²) < 4.78 is 0. The van der Waals surface area contributed by atoms with E-state index in [1.165, 1.54) is 0 Å². The largest absolute Gasteiger partial charge is 0.366 e. The zero-order valence-corrected chi connectivity index (χ0v) is 8.95. The van der Waals surface area contributed by atoms with Crippen LogP contribution >= 0.6 is 0 Å². The highest BCUT2D eigenvalue weighted by atomic mass is 16.1. The Balaban J connectivity index is 2.89. The van der Waals surface area contributed by atoms with E-state index in [4.69, 9.17) is 11.1 Å². The van der Waals surface area contributed by atoms with Crippen molar-refractivity contribution in [1.29, 1.82) is 5.41 Å². The van der Waals surface area contributed by atoms with Crippen LogP contribution in [0.5, 0.6) is 0 Å². The van der Waals surface area contributed by atoms with Gasteiger partial charge in [-0.25, -0.2) is 0 Å². The molecule has 3 N–H and O–H groups in total. The number of nitrogens with one attached hydrogen (secondary N) is 1. The lowest BCUT2D eigenvalue weighted by molar-refractivity contribution is 0.100. The van der Waals surface area contributed by atoms with Crippen molar-refractivity contribution >= 4 is 11.7 Å². The standard InChI is InChI=1S/C11H15N3O/c1-3-14(2)10(12)8-4-6-9(7-5-8)11(13)15/h4-7,12H,3H2,1-2H3,(H2,13,15). The monoisotopic (exact) mass is 205 g/mol. The Bertz CT molecular complexity index is 370. The van der Waals surface area contributed by atoms with Gasteiger partial charge in [-0.3, -0.25) is 10.2 Å². The SMILES string of the molecule is CCN(C)C(=N)c1ccc(C(N)=O)cc1. The summed E-state index contributed by atoms with van der Waals surface area (Å²) in [5.41, 5.74) is 6.37. The summed E-state index contributed by atoms with van der Waals surface area (Å²) in [6, 6.07) is 6.73. The van der Waals surface area contributed by atoms with Crippen LogP contribution in [0.1, 0.15) is 22.8 Å². The quantitative estimate of drug-likeness (QED) is 0.572. The highest BCUT2D eigenvalue weighted by Crippen LogP contribution is 2.06. The Kier molecular flexibility index (Phi) is 3.44. The fourth-order valence-corrected chi connectivity index (χ4v) is 1.17. The minimum atomic E-state index is -0.447. The highest BCUT2D eigenvalue weighted by Gasteiger charge is 2.06. The number of amides is 1. The predicted molar refractivity (Wildman–Crippen MR) is 60.1 cm³/mol. The molecule has 0 saturated carbocycles. The molecule has 0 aliphatic carbocycles. The smallest absolute Gasteiger partial charge is 0.248 e. The third-order valence-electron chi connectivity index (χ3n) is 2.30. The molecule has 0 atom stereocenters. The molecule has 4 nitrogen and oxygen atoms in total. The maximum Gasteiger partial charge on any atom is 0.248 e. The number of nitrogens with zero attached hydrogens (tertiary/aromatic N) is 1. The molecule has 0 bridgehead atoms. The van der Waals surface area contributed by atoms with Gasteiger partial charge in [0, 0.05) is 24.7 Å². The Morgan fingerprint density at radius 2 is 1.80 bits per heavy atom. The van der Waals surface area contributed by atoms with Crippen molar-refractivity contribution in [3.05, 3.63) is 35.4 Å². The van der Waals surface area contributed by atoms with Crippen molar-refractivity contribution in [2.75, 3.05) is 13.6 Å². The average molecular weight is 205 g/mol. The van der Waals surface area contributed by atoms with Crippen LogP contribution in [0.3, 0.4) is 0 Å². The molecule has 4 heteroatoms. The van der Waals surface area contributed by atoms with Gasteiger partial charge < -0.3 is 10.6 Å². The van der Waals surface area contributed by atoms with Gasteiger partial charge in [0.15, 0.2) is 0 Å². The molecule has 0 aliphatic rings. The minimum Gasteiger partial charge on any atom is -0.366 e. The maximum absolute atomic E-state index is 10.8. The summed E-state index contributed by atoms with van der Waals surface area (Å²) in [6.45, 7) is 2.75. The Hall–Kier alpha value is -1.84. The molecule has 0 aromatic heterocycles. The number of amidine groups is 1. The number of primary amides is 1. The van der Waals surface area contributed by atoms with E-state index < -0.39 is 5.91 Å². The van der Waals surface area contributed by atoms with Gasteiger partial charge in [-0.1, -0.05) is 12.1 Å². The van der Waals surface area contributed by atoms with E-state index in [9.17, 15) is 4.79 Å². The molecular weight excluding hydrogens is 190 g/mol. The summed E-state index contributed by atoms with van der Waals surface area (Å²) in [7, 11) is 1.85. The summed E-state index contributed by atoms with van der Waals surface area (Å²) >= 11 is 0. The normalized spacial score (nSPS) is 9.73. The lowest BCUT2D eigenvalue weighted by Gasteiger charge is -2.17. The van der Waals surface area contributed by atoms with E-state index in [2.05, 4.69) is 0 Å². The van der Waals surface area contributed by atoms with Crippen molar-refractivity contribution < 1.29 is 4.79 Å². The summed E-state index contributed by atoms with van der Waals surface area (Å²) in [6.07, 6.45) is 0. The Labute approximate surface area is 89.2 Å². The average Bonchev–Trinajstić information content (AvgIpc) is 2.27. The number of benzene rings is 1. The molecule has 0 spiro atoms. The molecule has 0 aliphatic heterocycles. The lowest BCUT2D eigenvalue weighted by atomic mass is 10.1. The van der Waals surface area contributed by atoms with Crippen LogP contribution in [-0.2, 0) is 0 Å². The summed E-state index contributed by atoms with van der Waals surface area (Å²) in [5.74, 6) is -0.00885. The molecule has 0 fully saturated rings. The number of hydrogen-bond acceptors (Lipinski definition) is 2. The molecule has 0 radical (unpaired) electrons. The van der Waals surface area contributed by atoms with Gasteiger partial charge in [0.25, 0.3) is 0 Å². The van der Waals surface area contributed by atoms with E-state index in [0.29, 0.717) is 11.4 Å². The van der Waals surface area contributed by atoms with E-state index >= 15 is 0 Å². The van der Waals surface area contributed by atoms with E-state index in [0.717, 1.165) is 12.1 Å². The van der Waals surface area contributed by atoms with E-state index in [1.54, 1.807) is 24.3 Å². The Morgan fingerprint density at radius 3 is 2.20 bits per heavy atom. The number of nitrogens with two attached hydrogens (primary N) is 1. The second-order valence-electron chi connectivity index (χ2n) is 3.30. The third kappa shape index (κ3) is 2.56. The summed E-state index contributed by atoms with van der Waals surface area (Å²) in [5, 5.41) is 7.82. The molecule has 1 aromatic carbocycles. The Morgan fingerprint density at radius 1 is 1.33 bits per heavy atom. The molecule has 0 saturated heterocycles. The van der Waals surface area contributed by atoms with Crippen molar-refractivity contribution in [3.8, 4) is 0 Å². The molecule has 0 heterocycles. The zero-order chi connectivity index (χ0) is 11.4. The van der Waals surface area contributed by atoms with Gasteiger partial charge in [-0.05, 0) is 19.1 Å². The number of rotatable bonds is 3. The van der Waals surface area contributed by atoms with Gasteiger partial charge in [-0.2, -0.15) is 0 Å². The van der Waals surface area contributed by atoms with Gasteiger partial charge in [-0.15, -0.1) is 0 Å². The third-order valence-corrected chi connectivity index (χ3v) is 2.30. The van der Waals surface area contributed by atoms with Crippen molar-refractivity contribution in [2.24, 2.45) is 5.73 Å². The number of hydrogen-bond donors (Lipinski definition) is 2. The van der Waals surface area contributed by atoms with Crippen LogP contribution < -0.4 is 5.73 Å². The van der Waals surface area contributed by atoms with Crippen molar-refractivity contribution in [1.82, 2.24) is 4.90 Å². The molecule has 15 heavy (non-hydrogen) atoms. The fourth-order valence-electron chi connectivity index (χ4n) is 1.17. The van der Waals surface area contributed by atoms with Gasteiger partial charge in [0.1, 0.15) is 5.84 Å². The van der Waals surface area contributed by atoms with Crippen LogP contribution in [0.25, 0.3) is 0 Å². The molecular formula is C11H15N3O. The first-order chi connectivity index (χ1) is 7.06. The molecule has 1 aromatic rings. The zero-order valence-electron chi connectivity index (χ0n) is 8.95. The molecule has 0 unspecified atom stereocenters. The van der Waals surface area contributed by atoms with E-state index in [-0.39, 0.29) is 0 Å². The second-order valence-corrected chi connectivity index (χ2v) is 3.30. The maximum atomic E-state index is 10.8. The van der Waals surface area contributed by atoms with Crippen molar-refractivity contribution in [3.63, 3.8) is 0 Å². The fraction of sp³-hybridized carbons (Fsp3) is 0.273. The van der Waals surface area contributed by atoms with Gasteiger partial charge in [0.2, 0.25) is 5.91 Å². The first-order valence-corrected chi connectivity index (χ1v) is 4.76. The summed E-state index contributed by atoms with van der Waals surface area (Å²) in [4.78, 5) is 12.6. The second kappa shape index (κ2) is 4.59. The van der Waals surface area contributed by atoms with Crippen LogP contribution in [0, 0.1) is 5.41 Å². The molecule has 80 valence electrons. The van der Waals surface area contributed by atoms with Crippen molar-refractivity contribution in [2.45, 2.75) is 6.92 Å². The van der Waals surface area contributed by atoms with Crippen LogP contribution in [0.2, 0.25) is 0 Å². The van der Waals surface area contributed by atoms with Crippen LogP contribution in [-0.4, -0.2) is 30.2 Å². The number of carbonyl (C=O) groups excluding carboxylic acids is 1. The van der Waals surface area contributed by atoms with Gasteiger partial charge >= 0.3 is 0 Å². The minimum absolute atomic E-state index is 0.438. The predicted octanol–water partition coefficient (Wildman–Crippen LogP) is 1.06. The first-order valence-electron chi connectivity index (χ1n) is 4.76. The van der Waals surface area contributed by atoms with Crippen LogP contribution in [0.4, 0.5) is 0 Å². The number of carbonyl (C=O) groups is 1. The molecule has 1 amide bonds. The first kappa shape index (κ1) is 11.2. The van der Waals surface area contributed by atoms with Gasteiger partial charge in [0.05, 0.1) is 0 Å². The highest BCUT2D eigenvalue weighted by molar-refractivity contribution is 5.98. The topological polar surface area (TPSA) is 70.2 Å². The van der Waals surface area contributed by atoms with E-state index in [1.807, 2.05) is 18.9 Å². The van der Waals surface area contributed by atoms with Crippen LogP contribution in [0.15, 0.2) is 24.3 Å².